The van der Waals surface area contributed by atoms with Crippen molar-refractivity contribution in [3.05, 3.63) is 45.0 Å². The molecule has 0 saturated heterocycles. The summed E-state index contributed by atoms with van der Waals surface area (Å²) < 4.78 is 5.55. The van der Waals surface area contributed by atoms with E-state index in [-0.39, 0.29) is 12.5 Å². The molecule has 0 fully saturated rings. The second kappa shape index (κ2) is 6.90. The first kappa shape index (κ1) is 17.3. The van der Waals surface area contributed by atoms with Crippen LogP contribution in [0.2, 0.25) is 10.0 Å². The number of carbonyl (C=O) groups excluding carboxylic acids is 1. The van der Waals surface area contributed by atoms with Gasteiger partial charge in [0.2, 0.25) is 0 Å². The highest BCUT2D eigenvalue weighted by Gasteiger charge is 2.26. The van der Waals surface area contributed by atoms with Gasteiger partial charge in [-0.1, -0.05) is 23.2 Å². The maximum atomic E-state index is 12.5. The number of benzene rings is 1. The van der Waals surface area contributed by atoms with Gasteiger partial charge in [-0.25, -0.2) is 9.97 Å². The standard InChI is InChI=1S/C17H14Cl2N4O2S/c18-9-1-2-11(19)12(5-9)25-7-14(24)23-4-3-10-13(6-23)26-17-15(10)16(20)21-8-22-17/h1-2,5,8H,3-4,6-7H2,(H2,20,21,22). The van der Waals surface area contributed by atoms with Crippen LogP contribution in [0.4, 0.5) is 5.82 Å². The Morgan fingerprint density at radius 1 is 1.35 bits per heavy atom. The van der Waals surface area contributed by atoms with Crippen molar-refractivity contribution in [2.45, 2.75) is 13.0 Å². The highest BCUT2D eigenvalue weighted by atomic mass is 35.5. The van der Waals surface area contributed by atoms with Crippen LogP contribution in [0, 0.1) is 0 Å². The van der Waals surface area contributed by atoms with Gasteiger partial charge in [-0.15, -0.1) is 11.3 Å². The topological polar surface area (TPSA) is 81.3 Å². The average molecular weight is 409 g/mol. The van der Waals surface area contributed by atoms with Crippen LogP contribution in [-0.4, -0.2) is 33.9 Å². The van der Waals surface area contributed by atoms with Gasteiger partial charge in [-0.3, -0.25) is 4.79 Å². The third-order valence-corrected chi connectivity index (χ3v) is 5.94. The van der Waals surface area contributed by atoms with E-state index in [9.17, 15) is 4.79 Å². The fourth-order valence-corrected chi connectivity index (χ4v) is 4.53. The molecule has 1 amide bonds. The summed E-state index contributed by atoms with van der Waals surface area (Å²) in [5, 5.41) is 1.84. The third kappa shape index (κ3) is 3.18. The van der Waals surface area contributed by atoms with E-state index in [4.69, 9.17) is 33.7 Å². The molecule has 2 aromatic heterocycles. The zero-order valence-electron chi connectivity index (χ0n) is 13.5. The molecule has 0 unspecified atom stereocenters. The zero-order valence-corrected chi connectivity index (χ0v) is 15.9. The van der Waals surface area contributed by atoms with Crippen LogP contribution in [0.3, 0.4) is 0 Å². The maximum Gasteiger partial charge on any atom is 0.260 e. The second-order valence-electron chi connectivity index (χ2n) is 5.87. The predicted molar refractivity (Wildman–Crippen MR) is 103 cm³/mol. The van der Waals surface area contributed by atoms with Crippen LogP contribution in [0.25, 0.3) is 10.2 Å². The van der Waals surface area contributed by atoms with E-state index in [1.54, 1.807) is 34.4 Å². The largest absolute Gasteiger partial charge is 0.482 e. The molecular formula is C17H14Cl2N4O2S. The molecule has 0 bridgehead atoms. The molecule has 6 nitrogen and oxygen atoms in total. The minimum atomic E-state index is -0.108. The lowest BCUT2D eigenvalue weighted by Gasteiger charge is -2.27. The summed E-state index contributed by atoms with van der Waals surface area (Å²) in [4.78, 5) is 24.6. The first-order valence-corrected chi connectivity index (χ1v) is 9.46. The van der Waals surface area contributed by atoms with Gasteiger partial charge in [0.05, 0.1) is 17.0 Å². The normalized spacial score (nSPS) is 13.7. The van der Waals surface area contributed by atoms with Crippen molar-refractivity contribution in [2.75, 3.05) is 18.9 Å². The molecule has 134 valence electrons. The number of amides is 1. The number of hydrogen-bond acceptors (Lipinski definition) is 6. The molecule has 0 aliphatic carbocycles. The lowest BCUT2D eigenvalue weighted by molar-refractivity contribution is -0.134. The Morgan fingerprint density at radius 2 is 2.19 bits per heavy atom. The molecule has 2 N–H and O–H groups in total. The number of anilines is 1. The van der Waals surface area contributed by atoms with E-state index in [1.807, 2.05) is 0 Å². The van der Waals surface area contributed by atoms with Crippen LogP contribution in [0.5, 0.6) is 5.75 Å². The Balaban J connectivity index is 1.48. The minimum Gasteiger partial charge on any atom is -0.482 e. The van der Waals surface area contributed by atoms with E-state index in [0.29, 0.717) is 34.7 Å². The number of hydrogen-bond donors (Lipinski definition) is 1. The van der Waals surface area contributed by atoms with Gasteiger partial charge < -0.3 is 15.4 Å². The molecule has 1 aliphatic rings. The molecule has 26 heavy (non-hydrogen) atoms. The molecule has 1 aromatic carbocycles. The minimum absolute atomic E-state index is 0.0950. The quantitative estimate of drug-likeness (QED) is 0.716. The maximum absolute atomic E-state index is 12.5. The Labute approximate surface area is 163 Å². The van der Waals surface area contributed by atoms with Crippen molar-refractivity contribution in [3.8, 4) is 5.75 Å². The van der Waals surface area contributed by atoms with Crippen LogP contribution >= 0.6 is 34.5 Å². The molecule has 0 spiro atoms. The lowest BCUT2D eigenvalue weighted by Crippen LogP contribution is -2.38. The summed E-state index contributed by atoms with van der Waals surface area (Å²) in [6, 6.07) is 4.90. The van der Waals surface area contributed by atoms with Crippen molar-refractivity contribution >= 4 is 56.5 Å². The third-order valence-electron chi connectivity index (χ3n) is 4.26. The summed E-state index contributed by atoms with van der Waals surface area (Å²) in [5.74, 6) is 0.782. The van der Waals surface area contributed by atoms with E-state index < -0.39 is 0 Å². The van der Waals surface area contributed by atoms with Crippen LogP contribution in [0.1, 0.15) is 10.4 Å². The number of aromatic nitrogens is 2. The molecule has 3 heterocycles. The van der Waals surface area contributed by atoms with Gasteiger partial charge in [0.15, 0.2) is 6.61 Å². The van der Waals surface area contributed by atoms with Crippen molar-refractivity contribution in [1.82, 2.24) is 14.9 Å². The van der Waals surface area contributed by atoms with Gasteiger partial charge in [0.25, 0.3) is 5.91 Å². The number of rotatable bonds is 3. The van der Waals surface area contributed by atoms with E-state index in [0.717, 1.165) is 27.1 Å². The Morgan fingerprint density at radius 3 is 3.04 bits per heavy atom. The van der Waals surface area contributed by atoms with Gasteiger partial charge >= 0.3 is 0 Å². The van der Waals surface area contributed by atoms with E-state index >= 15 is 0 Å². The molecule has 4 rings (SSSR count). The number of fused-ring (bicyclic) bond motifs is 3. The second-order valence-corrected chi connectivity index (χ2v) is 7.80. The summed E-state index contributed by atoms with van der Waals surface area (Å²) >= 11 is 13.5. The first-order valence-electron chi connectivity index (χ1n) is 7.89. The summed E-state index contributed by atoms with van der Waals surface area (Å²) in [5.41, 5.74) is 7.13. The Bertz CT molecular complexity index is 1010. The van der Waals surface area contributed by atoms with E-state index in [2.05, 4.69) is 9.97 Å². The highest BCUT2D eigenvalue weighted by molar-refractivity contribution is 7.19. The Hall–Kier alpha value is -2.09. The van der Waals surface area contributed by atoms with Gasteiger partial charge in [0, 0.05) is 22.5 Å². The number of nitrogens with zero attached hydrogens (tertiary/aromatic N) is 3. The van der Waals surface area contributed by atoms with Gasteiger partial charge in [0.1, 0.15) is 22.7 Å². The smallest absolute Gasteiger partial charge is 0.260 e. The van der Waals surface area contributed by atoms with Crippen molar-refractivity contribution in [1.29, 1.82) is 0 Å². The summed E-state index contributed by atoms with van der Waals surface area (Å²) in [6.07, 6.45) is 2.18. The molecule has 0 radical (unpaired) electrons. The monoisotopic (exact) mass is 408 g/mol. The van der Waals surface area contributed by atoms with Crippen molar-refractivity contribution in [3.63, 3.8) is 0 Å². The number of halogens is 2. The molecular weight excluding hydrogens is 395 g/mol. The lowest BCUT2D eigenvalue weighted by atomic mass is 10.1. The van der Waals surface area contributed by atoms with Crippen molar-refractivity contribution < 1.29 is 9.53 Å². The number of nitrogens with two attached hydrogens (primary N) is 1. The first-order chi connectivity index (χ1) is 12.5. The molecule has 9 heteroatoms. The van der Waals surface area contributed by atoms with Crippen molar-refractivity contribution in [2.24, 2.45) is 0 Å². The summed E-state index contributed by atoms with van der Waals surface area (Å²) in [7, 11) is 0. The number of thiophene rings is 1. The molecule has 0 atom stereocenters. The van der Waals surface area contributed by atoms with Crippen LogP contribution < -0.4 is 10.5 Å². The number of ether oxygens (including phenoxy) is 1. The van der Waals surface area contributed by atoms with E-state index in [1.165, 1.54) is 6.33 Å². The number of nitrogen functional groups attached to an aromatic ring is 1. The van der Waals surface area contributed by atoms with Crippen LogP contribution in [-0.2, 0) is 17.8 Å². The van der Waals surface area contributed by atoms with Gasteiger partial charge in [-0.05, 0) is 24.1 Å². The van der Waals surface area contributed by atoms with Gasteiger partial charge in [-0.2, -0.15) is 0 Å². The highest BCUT2D eigenvalue weighted by Crippen LogP contribution is 2.36. The summed E-state index contributed by atoms with van der Waals surface area (Å²) in [6.45, 7) is 1.02. The zero-order chi connectivity index (χ0) is 18.3. The van der Waals surface area contributed by atoms with Crippen LogP contribution in [0.15, 0.2) is 24.5 Å². The predicted octanol–water partition coefficient (Wildman–Crippen LogP) is 3.54. The number of carbonyl (C=O) groups is 1. The SMILES string of the molecule is Nc1ncnc2sc3c(c12)CCN(C(=O)COc1cc(Cl)ccc1Cl)C3. The average Bonchev–Trinajstić information content (AvgIpc) is 3.01. The fraction of sp³-hybridized carbons (Fsp3) is 0.235. The molecule has 1 aliphatic heterocycles. The molecule has 0 saturated carbocycles. The molecule has 3 aromatic rings. The fourth-order valence-electron chi connectivity index (χ4n) is 2.98. The Kier molecular flexibility index (Phi) is 4.60.